The van der Waals surface area contributed by atoms with Crippen LogP contribution in [-0.4, -0.2) is 30.7 Å². The Kier molecular flexibility index (Phi) is 4.16. The van der Waals surface area contributed by atoms with Crippen LogP contribution in [0.25, 0.3) is 10.9 Å². The first-order valence-corrected chi connectivity index (χ1v) is 9.21. The highest BCUT2D eigenvalue weighted by Crippen LogP contribution is 2.25. The van der Waals surface area contributed by atoms with Crippen LogP contribution in [0.1, 0.15) is 16.1 Å². The third-order valence-electron chi connectivity index (χ3n) is 3.56. The Hall–Kier alpha value is -2.23. The number of aromatic nitrogens is 1. The number of nitrogens with two attached hydrogens (primary N) is 1. The average Bonchev–Trinajstić information content (AvgIpc) is 3.13. The van der Waals surface area contributed by atoms with Crippen LogP contribution in [0.15, 0.2) is 39.9 Å². The van der Waals surface area contributed by atoms with Crippen molar-refractivity contribution in [3.63, 3.8) is 0 Å². The number of nitrogens with one attached hydrogen (secondary N) is 1. The molecule has 0 saturated carbocycles. The number of halogens is 1. The minimum Gasteiger partial charge on any atom is -0.366 e. The molecule has 0 bridgehead atoms. The van der Waals surface area contributed by atoms with E-state index in [2.05, 4.69) is 4.98 Å². The third kappa shape index (κ3) is 3.05. The van der Waals surface area contributed by atoms with Gasteiger partial charge in [0, 0.05) is 29.0 Å². The van der Waals surface area contributed by atoms with Crippen LogP contribution in [0.2, 0.25) is 0 Å². The monoisotopic (exact) mass is 367 g/mol. The van der Waals surface area contributed by atoms with Crippen molar-refractivity contribution in [3.05, 3.63) is 52.8 Å². The Morgan fingerprint density at radius 1 is 1.33 bits per heavy atom. The van der Waals surface area contributed by atoms with Crippen molar-refractivity contribution < 1.29 is 17.6 Å². The number of carbonyl (C=O) groups excluding carboxylic acids is 1. The average molecular weight is 367 g/mol. The molecule has 2 aromatic heterocycles. The Balaban J connectivity index is 1.86. The summed E-state index contributed by atoms with van der Waals surface area (Å²) in [5, 5.41) is 2.08. The molecule has 0 radical (unpaired) electrons. The molecule has 1 aromatic carbocycles. The number of benzene rings is 1. The van der Waals surface area contributed by atoms with E-state index in [0.29, 0.717) is 11.1 Å². The summed E-state index contributed by atoms with van der Waals surface area (Å²) in [5.41, 5.74) is 6.67. The molecular weight excluding hydrogens is 353 g/mol. The van der Waals surface area contributed by atoms with Gasteiger partial charge in [-0.2, -0.15) is 4.31 Å². The fourth-order valence-corrected chi connectivity index (χ4v) is 4.84. The minimum absolute atomic E-state index is 0.0426. The zero-order valence-electron chi connectivity index (χ0n) is 12.6. The molecular formula is C15H14FN3O3S2. The number of primary amides is 1. The maximum atomic E-state index is 13.2. The molecule has 9 heteroatoms. The number of aromatic amines is 1. The summed E-state index contributed by atoms with van der Waals surface area (Å²) >= 11 is 0.940. The third-order valence-corrected chi connectivity index (χ3v) is 6.77. The number of carbonyl (C=O) groups is 1. The number of nitrogens with zero attached hydrogens (tertiary/aromatic N) is 1. The first kappa shape index (κ1) is 16.6. The van der Waals surface area contributed by atoms with Crippen LogP contribution in [0.3, 0.4) is 0 Å². The molecule has 0 aliphatic rings. The second kappa shape index (κ2) is 6.00. The summed E-state index contributed by atoms with van der Waals surface area (Å²) in [6, 6.07) is 7.27. The molecule has 0 atom stereocenters. The number of hydrogen-bond acceptors (Lipinski definition) is 4. The van der Waals surface area contributed by atoms with E-state index in [0.717, 1.165) is 21.2 Å². The number of rotatable bonds is 5. The van der Waals surface area contributed by atoms with E-state index in [-0.39, 0.29) is 22.1 Å². The predicted octanol–water partition coefficient (Wildman–Crippen LogP) is 2.29. The molecule has 0 aliphatic heterocycles. The zero-order chi connectivity index (χ0) is 17.5. The van der Waals surface area contributed by atoms with Crippen LogP contribution in [0.4, 0.5) is 4.39 Å². The first-order chi connectivity index (χ1) is 11.3. The smallest absolute Gasteiger partial charge is 0.252 e. The lowest BCUT2D eigenvalue weighted by atomic mass is 10.2. The van der Waals surface area contributed by atoms with Crippen molar-refractivity contribution in [2.45, 2.75) is 10.8 Å². The van der Waals surface area contributed by atoms with Gasteiger partial charge >= 0.3 is 0 Å². The highest BCUT2D eigenvalue weighted by Gasteiger charge is 2.24. The Morgan fingerprint density at radius 3 is 2.75 bits per heavy atom. The second-order valence-corrected chi connectivity index (χ2v) is 8.49. The van der Waals surface area contributed by atoms with Crippen LogP contribution < -0.4 is 5.73 Å². The SMILES string of the molecule is CN(Cc1cc2cc(F)ccc2[nH]1)S(=O)(=O)c1cc(C(N)=O)cs1. The highest BCUT2D eigenvalue weighted by molar-refractivity contribution is 7.91. The maximum absolute atomic E-state index is 13.2. The lowest BCUT2D eigenvalue weighted by Gasteiger charge is -2.14. The molecule has 0 aliphatic carbocycles. The molecule has 3 aromatic rings. The van der Waals surface area contributed by atoms with Crippen LogP contribution in [0.5, 0.6) is 0 Å². The fourth-order valence-electron chi connectivity index (χ4n) is 2.31. The zero-order valence-corrected chi connectivity index (χ0v) is 14.2. The van der Waals surface area contributed by atoms with Crippen molar-refractivity contribution in [2.75, 3.05) is 7.05 Å². The number of fused-ring (bicyclic) bond motifs is 1. The lowest BCUT2D eigenvalue weighted by Crippen LogP contribution is -2.26. The lowest BCUT2D eigenvalue weighted by molar-refractivity contribution is 0.100. The number of H-pyrrole nitrogens is 1. The van der Waals surface area contributed by atoms with E-state index in [4.69, 9.17) is 5.73 Å². The number of sulfonamides is 1. The molecule has 1 amide bonds. The van der Waals surface area contributed by atoms with E-state index in [1.165, 1.54) is 30.6 Å². The van der Waals surface area contributed by atoms with Crippen molar-refractivity contribution >= 4 is 38.2 Å². The molecule has 3 N–H and O–H groups in total. The summed E-state index contributed by atoms with van der Waals surface area (Å²) in [7, 11) is -2.31. The molecule has 24 heavy (non-hydrogen) atoms. The van der Waals surface area contributed by atoms with E-state index >= 15 is 0 Å². The molecule has 0 fully saturated rings. The molecule has 0 spiro atoms. The largest absolute Gasteiger partial charge is 0.366 e. The molecule has 0 saturated heterocycles. The Morgan fingerprint density at radius 2 is 2.08 bits per heavy atom. The van der Waals surface area contributed by atoms with E-state index < -0.39 is 15.9 Å². The van der Waals surface area contributed by atoms with Crippen molar-refractivity contribution in [1.29, 1.82) is 0 Å². The fraction of sp³-hybridized carbons (Fsp3) is 0.133. The molecule has 126 valence electrons. The van der Waals surface area contributed by atoms with E-state index in [1.807, 2.05) is 0 Å². The number of thiophene rings is 1. The van der Waals surface area contributed by atoms with Crippen LogP contribution in [0, 0.1) is 5.82 Å². The van der Waals surface area contributed by atoms with Gasteiger partial charge in [0.15, 0.2) is 0 Å². The van der Waals surface area contributed by atoms with Crippen LogP contribution in [-0.2, 0) is 16.6 Å². The minimum atomic E-state index is -3.75. The standard InChI is InChI=1S/C15H14FN3O3S2/c1-19(24(21,22)14-6-10(8-23-14)15(17)20)7-12-5-9-4-11(16)2-3-13(9)18-12/h2-6,8,18H,7H2,1H3,(H2,17,20). The normalized spacial score (nSPS) is 12.1. The van der Waals surface area contributed by atoms with Gasteiger partial charge in [-0.1, -0.05) is 0 Å². The highest BCUT2D eigenvalue weighted by atomic mass is 32.2. The van der Waals surface area contributed by atoms with Gasteiger partial charge in [-0.3, -0.25) is 4.79 Å². The topological polar surface area (TPSA) is 96.3 Å². The number of amides is 1. The van der Waals surface area contributed by atoms with Gasteiger partial charge in [-0.15, -0.1) is 11.3 Å². The number of hydrogen-bond donors (Lipinski definition) is 2. The van der Waals surface area contributed by atoms with Crippen molar-refractivity contribution in [2.24, 2.45) is 5.73 Å². The van der Waals surface area contributed by atoms with E-state index in [1.54, 1.807) is 12.1 Å². The summed E-state index contributed by atoms with van der Waals surface area (Å²) in [6.45, 7) is 0.0858. The molecule has 6 nitrogen and oxygen atoms in total. The van der Waals surface area contributed by atoms with Gasteiger partial charge in [0.2, 0.25) is 5.91 Å². The van der Waals surface area contributed by atoms with E-state index in [9.17, 15) is 17.6 Å². The van der Waals surface area contributed by atoms with Gasteiger partial charge in [-0.05, 0) is 30.3 Å². The van der Waals surface area contributed by atoms with Crippen LogP contribution >= 0.6 is 11.3 Å². The molecule has 0 unspecified atom stereocenters. The summed E-state index contributed by atoms with van der Waals surface area (Å²) in [5.74, 6) is -1.03. The summed E-state index contributed by atoms with van der Waals surface area (Å²) in [4.78, 5) is 14.2. The van der Waals surface area contributed by atoms with Gasteiger partial charge in [0.25, 0.3) is 10.0 Å². The summed E-state index contributed by atoms with van der Waals surface area (Å²) in [6.07, 6.45) is 0. The first-order valence-electron chi connectivity index (χ1n) is 6.89. The van der Waals surface area contributed by atoms with Gasteiger partial charge in [0.1, 0.15) is 10.0 Å². The summed E-state index contributed by atoms with van der Waals surface area (Å²) < 4.78 is 39.5. The van der Waals surface area contributed by atoms with Gasteiger partial charge < -0.3 is 10.7 Å². The Labute approximate surface area is 141 Å². The Bertz CT molecular complexity index is 1020. The van der Waals surface area contributed by atoms with Crippen molar-refractivity contribution in [3.8, 4) is 0 Å². The predicted molar refractivity (Wildman–Crippen MR) is 89.7 cm³/mol. The molecule has 2 heterocycles. The maximum Gasteiger partial charge on any atom is 0.252 e. The van der Waals surface area contributed by atoms with Gasteiger partial charge in [0.05, 0.1) is 12.1 Å². The van der Waals surface area contributed by atoms with Crippen molar-refractivity contribution in [1.82, 2.24) is 9.29 Å². The molecule has 3 rings (SSSR count). The second-order valence-electron chi connectivity index (χ2n) is 5.31. The quantitative estimate of drug-likeness (QED) is 0.724. The van der Waals surface area contributed by atoms with Gasteiger partial charge in [-0.25, -0.2) is 12.8 Å².